The number of hydrogen-bond acceptors (Lipinski definition) is 6. The van der Waals surface area contributed by atoms with Gasteiger partial charge in [0.25, 0.3) is 5.69 Å². The number of ether oxygens (including phenoxy) is 2. The molecule has 0 saturated heterocycles. The summed E-state index contributed by atoms with van der Waals surface area (Å²) in [5, 5.41) is 16.8. The van der Waals surface area contributed by atoms with Gasteiger partial charge in [0.1, 0.15) is 5.75 Å². The van der Waals surface area contributed by atoms with Crippen molar-refractivity contribution in [3.05, 3.63) is 69.3 Å². The summed E-state index contributed by atoms with van der Waals surface area (Å²) >= 11 is 0. The van der Waals surface area contributed by atoms with Gasteiger partial charge < -0.3 is 9.47 Å². The van der Waals surface area contributed by atoms with E-state index in [-0.39, 0.29) is 17.5 Å². The normalized spacial score (nSPS) is 18.4. The quantitative estimate of drug-likeness (QED) is 0.582. The third kappa shape index (κ3) is 3.66. The minimum atomic E-state index is -1.05. The van der Waals surface area contributed by atoms with Gasteiger partial charge in [0.05, 0.1) is 12.0 Å². The molecule has 146 valence electrons. The van der Waals surface area contributed by atoms with Crippen LogP contribution in [-0.2, 0) is 16.0 Å². The van der Waals surface area contributed by atoms with Crippen molar-refractivity contribution in [1.82, 2.24) is 5.01 Å². The number of carbonyl (C=O) groups excluding carboxylic acids is 1. The molecule has 1 aliphatic rings. The Balaban J connectivity index is 1.92. The van der Waals surface area contributed by atoms with Crippen LogP contribution in [0, 0.1) is 17.0 Å². The summed E-state index contributed by atoms with van der Waals surface area (Å²) in [6.45, 7) is 4.83. The van der Waals surface area contributed by atoms with E-state index in [1.54, 1.807) is 33.1 Å². The van der Waals surface area contributed by atoms with Gasteiger partial charge in [0.2, 0.25) is 17.5 Å². The highest BCUT2D eigenvalue weighted by Gasteiger charge is 2.43. The fourth-order valence-corrected chi connectivity index (χ4v) is 3.16. The number of amides is 1. The van der Waals surface area contributed by atoms with Crippen LogP contribution in [0.25, 0.3) is 0 Å². The monoisotopic (exact) mass is 383 g/mol. The van der Waals surface area contributed by atoms with Gasteiger partial charge in [0, 0.05) is 30.5 Å². The zero-order chi connectivity index (χ0) is 20.5. The van der Waals surface area contributed by atoms with Gasteiger partial charge in [-0.25, -0.2) is 0 Å². The first-order valence-corrected chi connectivity index (χ1v) is 8.70. The number of benzene rings is 2. The Morgan fingerprint density at radius 2 is 1.96 bits per heavy atom. The summed E-state index contributed by atoms with van der Waals surface area (Å²) in [6, 6.07) is 12.2. The Bertz CT molecular complexity index is 955. The van der Waals surface area contributed by atoms with Crippen molar-refractivity contribution in [3.63, 3.8) is 0 Å². The summed E-state index contributed by atoms with van der Waals surface area (Å²) in [5.41, 5.74) is 0.844. The second-order valence-electron chi connectivity index (χ2n) is 6.80. The van der Waals surface area contributed by atoms with E-state index in [1.807, 2.05) is 24.3 Å². The van der Waals surface area contributed by atoms with Crippen LogP contribution in [-0.4, -0.2) is 34.6 Å². The zero-order valence-electron chi connectivity index (χ0n) is 16.1. The molecule has 0 N–H and O–H groups in total. The lowest BCUT2D eigenvalue weighted by atomic mass is 10.0. The maximum absolute atomic E-state index is 12.2. The van der Waals surface area contributed by atoms with Crippen molar-refractivity contribution in [1.29, 1.82) is 0 Å². The highest BCUT2D eigenvalue weighted by atomic mass is 16.6. The van der Waals surface area contributed by atoms with Crippen LogP contribution in [0.2, 0.25) is 0 Å². The summed E-state index contributed by atoms with van der Waals surface area (Å²) in [4.78, 5) is 23.0. The molecule has 2 aromatic carbocycles. The van der Waals surface area contributed by atoms with Crippen molar-refractivity contribution in [2.75, 3.05) is 7.11 Å². The maximum atomic E-state index is 12.2. The predicted molar refractivity (Wildman–Crippen MR) is 103 cm³/mol. The molecule has 0 spiro atoms. The van der Waals surface area contributed by atoms with Gasteiger partial charge in [-0.15, -0.1) is 5.10 Å². The maximum Gasteiger partial charge on any atom is 0.273 e. The Morgan fingerprint density at radius 3 is 2.54 bits per heavy atom. The van der Waals surface area contributed by atoms with Crippen LogP contribution >= 0.6 is 0 Å². The molecule has 0 aliphatic carbocycles. The molecule has 28 heavy (non-hydrogen) atoms. The van der Waals surface area contributed by atoms with Crippen molar-refractivity contribution < 1.29 is 19.2 Å². The molecule has 0 fully saturated rings. The first-order valence-electron chi connectivity index (χ1n) is 8.70. The molecule has 0 bridgehead atoms. The summed E-state index contributed by atoms with van der Waals surface area (Å²) < 4.78 is 11.2. The molecule has 0 unspecified atom stereocenters. The van der Waals surface area contributed by atoms with Crippen LogP contribution in [0.1, 0.15) is 30.5 Å². The summed E-state index contributed by atoms with van der Waals surface area (Å²) in [7, 11) is 1.59. The van der Waals surface area contributed by atoms with Crippen molar-refractivity contribution in [3.8, 4) is 5.75 Å². The third-order valence-electron chi connectivity index (χ3n) is 4.60. The van der Waals surface area contributed by atoms with Crippen LogP contribution in [0.3, 0.4) is 0 Å². The van der Waals surface area contributed by atoms with Crippen LogP contribution in [0.5, 0.6) is 5.75 Å². The predicted octanol–water partition coefficient (Wildman–Crippen LogP) is 3.41. The number of rotatable bonds is 5. The van der Waals surface area contributed by atoms with E-state index in [2.05, 4.69) is 5.10 Å². The van der Waals surface area contributed by atoms with Crippen LogP contribution < -0.4 is 4.74 Å². The number of methoxy groups -OCH3 is 1. The number of aryl methyl sites for hydroxylation is 1. The fourth-order valence-electron chi connectivity index (χ4n) is 3.16. The number of nitrogens with zero attached hydrogens (tertiary/aromatic N) is 3. The minimum absolute atomic E-state index is 0.0260. The zero-order valence-corrected chi connectivity index (χ0v) is 16.1. The number of nitro groups is 1. The Hall–Kier alpha value is -3.42. The first-order chi connectivity index (χ1) is 13.2. The van der Waals surface area contributed by atoms with Gasteiger partial charge in [-0.3, -0.25) is 14.9 Å². The van der Waals surface area contributed by atoms with Crippen molar-refractivity contribution >= 4 is 17.5 Å². The Kier molecular flexibility index (Phi) is 5.04. The van der Waals surface area contributed by atoms with Gasteiger partial charge >= 0.3 is 0 Å². The van der Waals surface area contributed by atoms with E-state index in [1.165, 1.54) is 18.0 Å². The van der Waals surface area contributed by atoms with Gasteiger partial charge in [0.15, 0.2) is 0 Å². The van der Waals surface area contributed by atoms with Gasteiger partial charge in [-0.1, -0.05) is 18.2 Å². The second-order valence-corrected chi connectivity index (χ2v) is 6.80. The highest BCUT2D eigenvalue weighted by Crippen LogP contribution is 2.32. The van der Waals surface area contributed by atoms with E-state index in [0.717, 1.165) is 11.3 Å². The lowest BCUT2D eigenvalue weighted by Crippen LogP contribution is -2.45. The van der Waals surface area contributed by atoms with Crippen LogP contribution in [0.15, 0.2) is 47.6 Å². The number of carbonyl (C=O) groups is 1. The summed E-state index contributed by atoms with van der Waals surface area (Å²) in [5.74, 6) is 0.621. The molecule has 1 heterocycles. The molecule has 1 aliphatic heterocycles. The lowest BCUT2D eigenvalue weighted by Gasteiger charge is -2.30. The van der Waals surface area contributed by atoms with Crippen LogP contribution in [0.4, 0.5) is 5.69 Å². The topological polar surface area (TPSA) is 94.3 Å². The molecule has 1 atom stereocenters. The summed E-state index contributed by atoms with van der Waals surface area (Å²) in [6.07, 6.45) is 0.386. The average Bonchev–Trinajstić information content (AvgIpc) is 3.00. The molecular weight excluding hydrogens is 362 g/mol. The molecule has 0 radical (unpaired) electrons. The number of hydrazone groups is 1. The third-order valence-corrected chi connectivity index (χ3v) is 4.60. The second kappa shape index (κ2) is 7.30. The standard InChI is InChI=1S/C20H21N3O5/c1-13-5-8-16(11-18(13)23(25)26)19-21-22(14(2)24)20(3,28-19)12-15-6-9-17(27-4)10-7-15/h5-11H,12H2,1-4H3/t20-/m0/s1. The van der Waals surface area contributed by atoms with Crippen molar-refractivity contribution in [2.24, 2.45) is 5.10 Å². The molecule has 2 aromatic rings. The number of hydrogen-bond donors (Lipinski definition) is 0. The van der Waals surface area contributed by atoms with Crippen molar-refractivity contribution in [2.45, 2.75) is 32.9 Å². The van der Waals surface area contributed by atoms with Gasteiger partial charge in [-0.2, -0.15) is 5.01 Å². The van der Waals surface area contributed by atoms with E-state index < -0.39 is 10.6 Å². The molecule has 0 aromatic heterocycles. The SMILES string of the molecule is COc1ccc(C[C@]2(C)OC(c3ccc(C)c([N+](=O)[O-])c3)=NN2C(C)=O)cc1. The van der Waals surface area contributed by atoms with E-state index in [9.17, 15) is 14.9 Å². The smallest absolute Gasteiger partial charge is 0.273 e. The highest BCUT2D eigenvalue weighted by molar-refractivity contribution is 5.97. The lowest BCUT2D eigenvalue weighted by molar-refractivity contribution is -0.385. The fraction of sp³-hybridized carbons (Fsp3) is 0.300. The molecular formula is C20H21N3O5. The average molecular weight is 383 g/mol. The number of nitro benzene ring substituents is 1. The molecule has 0 saturated carbocycles. The van der Waals surface area contributed by atoms with E-state index >= 15 is 0 Å². The minimum Gasteiger partial charge on any atom is -0.497 e. The van der Waals surface area contributed by atoms with Gasteiger partial charge in [-0.05, 0) is 37.6 Å². The van der Waals surface area contributed by atoms with E-state index in [0.29, 0.717) is 17.5 Å². The van der Waals surface area contributed by atoms with E-state index in [4.69, 9.17) is 9.47 Å². The largest absolute Gasteiger partial charge is 0.497 e. The Morgan fingerprint density at radius 1 is 1.29 bits per heavy atom. The first kappa shape index (κ1) is 19.3. The molecule has 8 heteroatoms. The Labute approximate surface area is 162 Å². The molecule has 3 rings (SSSR count). The molecule has 1 amide bonds. The molecule has 8 nitrogen and oxygen atoms in total.